The number of hydrogen-bond acceptors (Lipinski definition) is 5. The van der Waals surface area contributed by atoms with Gasteiger partial charge in [0.05, 0.1) is 6.61 Å². The van der Waals surface area contributed by atoms with Crippen LogP contribution >= 0.6 is 0 Å². The molecular formula is C16H24O5. The van der Waals surface area contributed by atoms with Gasteiger partial charge in [-0.15, -0.1) is 0 Å². The van der Waals surface area contributed by atoms with Gasteiger partial charge in [-0.05, 0) is 6.07 Å². The van der Waals surface area contributed by atoms with Crippen molar-refractivity contribution in [3.8, 4) is 5.75 Å². The Morgan fingerprint density at radius 2 is 1.90 bits per heavy atom. The van der Waals surface area contributed by atoms with Gasteiger partial charge in [-0.3, -0.25) is 0 Å². The minimum Gasteiger partial charge on any atom is -0.491 e. The molecule has 1 aromatic rings. The molecule has 1 saturated heterocycles. The number of ether oxygens (including phenoxy) is 4. The lowest BCUT2D eigenvalue weighted by Gasteiger charge is -2.40. The molecule has 5 heteroatoms. The smallest absolute Gasteiger partial charge is 0.125 e. The maximum absolute atomic E-state index is 10.8. The molecule has 0 aromatic heterocycles. The molecule has 1 aliphatic heterocycles. The maximum atomic E-state index is 10.8. The van der Waals surface area contributed by atoms with Gasteiger partial charge in [0.15, 0.2) is 0 Å². The van der Waals surface area contributed by atoms with Crippen LogP contribution in [0.1, 0.15) is 24.5 Å². The molecule has 1 heterocycles. The molecule has 118 valence electrons. The van der Waals surface area contributed by atoms with Crippen molar-refractivity contribution in [2.75, 3.05) is 40.6 Å². The van der Waals surface area contributed by atoms with E-state index >= 15 is 0 Å². The Bertz CT molecular complexity index is 428. The van der Waals surface area contributed by atoms with Crippen LogP contribution in [0.4, 0.5) is 0 Å². The van der Waals surface area contributed by atoms with Gasteiger partial charge in [0, 0.05) is 45.8 Å². The summed E-state index contributed by atoms with van der Waals surface area (Å²) in [5.41, 5.74) is 0.135. The molecule has 0 bridgehead atoms. The molecule has 1 fully saturated rings. The number of aliphatic hydroxyl groups excluding tert-OH is 1. The fourth-order valence-corrected chi connectivity index (χ4v) is 2.66. The lowest BCUT2D eigenvalue weighted by Crippen LogP contribution is -2.44. The van der Waals surface area contributed by atoms with Crippen molar-refractivity contribution < 1.29 is 24.1 Å². The average Bonchev–Trinajstić information content (AvgIpc) is 2.55. The van der Waals surface area contributed by atoms with E-state index in [0.29, 0.717) is 45.0 Å². The van der Waals surface area contributed by atoms with Crippen molar-refractivity contribution in [3.63, 3.8) is 0 Å². The van der Waals surface area contributed by atoms with Gasteiger partial charge in [0.2, 0.25) is 0 Å². The van der Waals surface area contributed by atoms with Crippen LogP contribution in [0, 0.1) is 0 Å². The summed E-state index contributed by atoms with van der Waals surface area (Å²) in [5.74, 6) is 0.671. The first kappa shape index (κ1) is 16.2. The zero-order chi connectivity index (χ0) is 15.1. The van der Waals surface area contributed by atoms with E-state index in [9.17, 15) is 5.11 Å². The zero-order valence-corrected chi connectivity index (χ0v) is 12.7. The highest BCUT2D eigenvalue weighted by atomic mass is 16.5. The lowest BCUT2D eigenvalue weighted by molar-refractivity contribution is -0.154. The molecule has 0 spiro atoms. The molecule has 21 heavy (non-hydrogen) atoms. The third-order valence-corrected chi connectivity index (χ3v) is 4.00. The molecule has 2 rings (SSSR count). The normalized spacial score (nSPS) is 19.2. The summed E-state index contributed by atoms with van der Waals surface area (Å²) in [4.78, 5) is 0. The Kier molecular flexibility index (Phi) is 5.99. The van der Waals surface area contributed by atoms with E-state index in [1.54, 1.807) is 14.2 Å². The summed E-state index contributed by atoms with van der Waals surface area (Å²) in [6.45, 7) is 2.15. The van der Waals surface area contributed by atoms with E-state index in [4.69, 9.17) is 18.9 Å². The minimum atomic E-state index is -0.745. The Hall–Kier alpha value is -1.14. The van der Waals surface area contributed by atoms with Crippen molar-refractivity contribution in [1.82, 2.24) is 0 Å². The van der Waals surface area contributed by atoms with Gasteiger partial charge in [-0.2, -0.15) is 0 Å². The number of benzene rings is 1. The highest BCUT2D eigenvalue weighted by Crippen LogP contribution is 2.40. The molecular weight excluding hydrogens is 272 g/mol. The van der Waals surface area contributed by atoms with Crippen molar-refractivity contribution in [2.45, 2.75) is 24.5 Å². The van der Waals surface area contributed by atoms with Crippen LogP contribution < -0.4 is 4.74 Å². The lowest BCUT2D eigenvalue weighted by atomic mass is 9.84. The van der Waals surface area contributed by atoms with Gasteiger partial charge in [-0.25, -0.2) is 0 Å². The predicted molar refractivity (Wildman–Crippen MR) is 78.6 cm³/mol. The summed E-state index contributed by atoms with van der Waals surface area (Å²) in [7, 11) is 3.27. The average molecular weight is 296 g/mol. The number of aliphatic hydroxyl groups is 1. The van der Waals surface area contributed by atoms with E-state index in [1.807, 2.05) is 24.3 Å². The monoisotopic (exact) mass is 296 g/mol. The first-order valence-electron chi connectivity index (χ1n) is 7.25. The van der Waals surface area contributed by atoms with Gasteiger partial charge in [0.25, 0.3) is 0 Å². The highest BCUT2D eigenvalue weighted by Gasteiger charge is 2.41. The van der Waals surface area contributed by atoms with E-state index in [0.717, 1.165) is 5.56 Å². The standard InChI is InChI=1S/C16H24O5/c1-18-11-12-21-14-6-4-3-5-13(14)15(17)16(19-2)7-9-20-10-8-16/h3-6,15,17H,7-12H2,1-2H3. The number of hydrogen-bond donors (Lipinski definition) is 1. The van der Waals surface area contributed by atoms with Gasteiger partial charge < -0.3 is 24.1 Å². The molecule has 0 saturated carbocycles. The van der Waals surface area contributed by atoms with Crippen LogP contribution in [-0.4, -0.2) is 51.4 Å². The molecule has 1 atom stereocenters. The van der Waals surface area contributed by atoms with E-state index in [-0.39, 0.29) is 0 Å². The van der Waals surface area contributed by atoms with Gasteiger partial charge in [-0.1, -0.05) is 18.2 Å². The second kappa shape index (κ2) is 7.75. The molecule has 1 unspecified atom stereocenters. The van der Waals surface area contributed by atoms with Crippen LogP contribution in [0.15, 0.2) is 24.3 Å². The van der Waals surface area contributed by atoms with Crippen LogP contribution in [0.2, 0.25) is 0 Å². The second-order valence-electron chi connectivity index (χ2n) is 5.16. The zero-order valence-electron chi connectivity index (χ0n) is 12.7. The largest absolute Gasteiger partial charge is 0.491 e. The number of methoxy groups -OCH3 is 2. The van der Waals surface area contributed by atoms with Gasteiger partial charge >= 0.3 is 0 Å². The predicted octanol–water partition coefficient (Wildman–Crippen LogP) is 1.94. The minimum absolute atomic E-state index is 0.448. The van der Waals surface area contributed by atoms with Crippen molar-refractivity contribution in [2.24, 2.45) is 0 Å². The molecule has 5 nitrogen and oxygen atoms in total. The molecule has 1 aromatic carbocycles. The number of rotatable bonds is 7. The van der Waals surface area contributed by atoms with Crippen LogP contribution in [-0.2, 0) is 14.2 Å². The maximum Gasteiger partial charge on any atom is 0.125 e. The Labute approximate surface area is 125 Å². The third kappa shape index (κ3) is 3.74. The second-order valence-corrected chi connectivity index (χ2v) is 5.16. The third-order valence-electron chi connectivity index (χ3n) is 4.00. The molecule has 1 N–H and O–H groups in total. The van der Waals surface area contributed by atoms with E-state index < -0.39 is 11.7 Å². The fourth-order valence-electron chi connectivity index (χ4n) is 2.66. The summed E-state index contributed by atoms with van der Waals surface area (Å²) >= 11 is 0. The summed E-state index contributed by atoms with van der Waals surface area (Å²) in [5, 5.41) is 10.8. The number of para-hydroxylation sites is 1. The first-order chi connectivity index (χ1) is 10.2. The summed E-state index contributed by atoms with van der Waals surface area (Å²) in [6, 6.07) is 7.52. The highest BCUT2D eigenvalue weighted by molar-refractivity contribution is 5.36. The molecule has 1 aliphatic rings. The molecule has 0 amide bonds. The first-order valence-corrected chi connectivity index (χ1v) is 7.25. The quantitative estimate of drug-likeness (QED) is 0.779. The Balaban J connectivity index is 2.18. The fraction of sp³-hybridized carbons (Fsp3) is 0.625. The van der Waals surface area contributed by atoms with E-state index in [1.165, 1.54) is 0 Å². The Morgan fingerprint density at radius 1 is 1.19 bits per heavy atom. The molecule has 0 radical (unpaired) electrons. The van der Waals surface area contributed by atoms with Crippen LogP contribution in [0.3, 0.4) is 0 Å². The van der Waals surface area contributed by atoms with Crippen molar-refractivity contribution in [3.05, 3.63) is 29.8 Å². The van der Waals surface area contributed by atoms with Gasteiger partial charge in [0.1, 0.15) is 24.1 Å². The topological polar surface area (TPSA) is 57.2 Å². The van der Waals surface area contributed by atoms with E-state index in [2.05, 4.69) is 0 Å². The molecule has 0 aliphatic carbocycles. The summed E-state index contributed by atoms with van der Waals surface area (Å²) < 4.78 is 21.7. The van der Waals surface area contributed by atoms with Crippen LogP contribution in [0.5, 0.6) is 5.75 Å². The summed E-state index contributed by atoms with van der Waals surface area (Å²) in [6.07, 6.45) is 0.582. The SMILES string of the molecule is COCCOc1ccccc1C(O)C1(OC)CCOCC1. The Morgan fingerprint density at radius 3 is 2.57 bits per heavy atom. The van der Waals surface area contributed by atoms with Crippen molar-refractivity contribution >= 4 is 0 Å². The van der Waals surface area contributed by atoms with Crippen LogP contribution in [0.25, 0.3) is 0 Å². The van der Waals surface area contributed by atoms with Crippen molar-refractivity contribution in [1.29, 1.82) is 0 Å².